The Bertz CT molecular complexity index is 606. The van der Waals surface area contributed by atoms with Crippen LogP contribution >= 0.6 is 11.3 Å². The first kappa shape index (κ1) is 15.6. The number of ether oxygens (including phenoxy) is 1. The molecule has 1 amide bonds. The Kier molecular flexibility index (Phi) is 5.39. The standard InChI is InChI=1S/C17H21NO2S/c1-4-13(3)18-17(19)16-9-14(11-21-16)10-20-15-7-5-6-12(2)8-15/h5-9,11,13H,4,10H2,1-3H3,(H,18,19). The maximum atomic E-state index is 12.0. The smallest absolute Gasteiger partial charge is 0.261 e. The summed E-state index contributed by atoms with van der Waals surface area (Å²) in [6, 6.07) is 10.1. The Morgan fingerprint density at radius 2 is 2.19 bits per heavy atom. The van der Waals surface area contributed by atoms with Crippen molar-refractivity contribution in [2.75, 3.05) is 0 Å². The van der Waals surface area contributed by atoms with Crippen LogP contribution in [0.1, 0.15) is 41.1 Å². The molecule has 0 aliphatic heterocycles. The molecule has 1 N–H and O–H groups in total. The molecule has 2 aromatic rings. The fourth-order valence-corrected chi connectivity index (χ4v) is 2.64. The molecule has 0 bridgehead atoms. The zero-order chi connectivity index (χ0) is 15.2. The summed E-state index contributed by atoms with van der Waals surface area (Å²) in [5.74, 6) is 0.850. The van der Waals surface area contributed by atoms with E-state index in [0.717, 1.165) is 22.6 Å². The molecular formula is C17H21NO2S. The number of benzene rings is 1. The lowest BCUT2D eigenvalue weighted by Crippen LogP contribution is -2.31. The Morgan fingerprint density at radius 1 is 1.38 bits per heavy atom. The van der Waals surface area contributed by atoms with E-state index in [-0.39, 0.29) is 11.9 Å². The van der Waals surface area contributed by atoms with E-state index in [9.17, 15) is 4.79 Å². The summed E-state index contributed by atoms with van der Waals surface area (Å²) in [4.78, 5) is 12.7. The highest BCUT2D eigenvalue weighted by Gasteiger charge is 2.11. The summed E-state index contributed by atoms with van der Waals surface area (Å²) in [7, 11) is 0. The molecule has 21 heavy (non-hydrogen) atoms. The van der Waals surface area contributed by atoms with Crippen molar-refractivity contribution in [1.82, 2.24) is 5.32 Å². The molecule has 1 aromatic heterocycles. The zero-order valence-corrected chi connectivity index (χ0v) is 13.5. The number of amides is 1. The van der Waals surface area contributed by atoms with E-state index >= 15 is 0 Å². The Balaban J connectivity index is 1.92. The van der Waals surface area contributed by atoms with E-state index in [1.807, 2.05) is 49.6 Å². The quantitative estimate of drug-likeness (QED) is 0.870. The minimum Gasteiger partial charge on any atom is -0.489 e. The summed E-state index contributed by atoms with van der Waals surface area (Å²) >= 11 is 1.46. The van der Waals surface area contributed by atoms with Gasteiger partial charge in [-0.3, -0.25) is 4.79 Å². The molecule has 2 rings (SSSR count). The summed E-state index contributed by atoms with van der Waals surface area (Å²) in [6.07, 6.45) is 0.931. The van der Waals surface area contributed by atoms with E-state index < -0.39 is 0 Å². The first-order chi connectivity index (χ1) is 10.1. The number of hydrogen-bond acceptors (Lipinski definition) is 3. The van der Waals surface area contributed by atoms with Crippen LogP contribution < -0.4 is 10.1 Å². The van der Waals surface area contributed by atoms with E-state index in [1.54, 1.807) is 0 Å². The molecule has 0 fully saturated rings. The van der Waals surface area contributed by atoms with Gasteiger partial charge in [-0.2, -0.15) is 0 Å². The lowest BCUT2D eigenvalue weighted by molar-refractivity contribution is 0.0943. The molecule has 0 saturated heterocycles. The van der Waals surface area contributed by atoms with Crippen molar-refractivity contribution in [3.8, 4) is 5.75 Å². The highest BCUT2D eigenvalue weighted by molar-refractivity contribution is 7.12. The third-order valence-electron chi connectivity index (χ3n) is 3.26. The lowest BCUT2D eigenvalue weighted by atomic mass is 10.2. The van der Waals surface area contributed by atoms with Crippen molar-refractivity contribution < 1.29 is 9.53 Å². The molecule has 112 valence electrons. The van der Waals surface area contributed by atoms with Crippen molar-refractivity contribution >= 4 is 17.2 Å². The molecular weight excluding hydrogens is 282 g/mol. The Labute approximate surface area is 130 Å². The second kappa shape index (κ2) is 7.27. The minimum absolute atomic E-state index is 0.00356. The van der Waals surface area contributed by atoms with Crippen LogP contribution in [0.3, 0.4) is 0 Å². The van der Waals surface area contributed by atoms with Crippen LogP contribution in [0.4, 0.5) is 0 Å². The van der Waals surface area contributed by atoms with Gasteiger partial charge < -0.3 is 10.1 Å². The maximum absolute atomic E-state index is 12.0. The van der Waals surface area contributed by atoms with Crippen LogP contribution in [0, 0.1) is 6.92 Å². The monoisotopic (exact) mass is 303 g/mol. The van der Waals surface area contributed by atoms with Gasteiger partial charge in [-0.25, -0.2) is 0 Å². The van der Waals surface area contributed by atoms with Crippen LogP contribution in [-0.2, 0) is 6.61 Å². The third-order valence-corrected chi connectivity index (χ3v) is 4.24. The highest BCUT2D eigenvalue weighted by Crippen LogP contribution is 2.18. The Morgan fingerprint density at radius 3 is 2.90 bits per heavy atom. The molecule has 0 aliphatic carbocycles. The average Bonchev–Trinajstić information content (AvgIpc) is 2.94. The van der Waals surface area contributed by atoms with Gasteiger partial charge in [0, 0.05) is 11.6 Å². The van der Waals surface area contributed by atoms with Gasteiger partial charge >= 0.3 is 0 Å². The number of hydrogen-bond donors (Lipinski definition) is 1. The van der Waals surface area contributed by atoms with Crippen molar-refractivity contribution in [2.24, 2.45) is 0 Å². The van der Waals surface area contributed by atoms with Gasteiger partial charge in [0.15, 0.2) is 0 Å². The van der Waals surface area contributed by atoms with Gasteiger partial charge in [0.25, 0.3) is 5.91 Å². The van der Waals surface area contributed by atoms with Crippen LogP contribution in [-0.4, -0.2) is 11.9 Å². The first-order valence-corrected chi connectivity index (χ1v) is 8.04. The van der Waals surface area contributed by atoms with Crippen LogP contribution in [0.5, 0.6) is 5.75 Å². The molecule has 0 spiro atoms. The summed E-state index contributed by atoms with van der Waals surface area (Å²) in [5, 5.41) is 4.94. The molecule has 1 unspecified atom stereocenters. The molecule has 1 aromatic carbocycles. The number of carbonyl (C=O) groups is 1. The number of rotatable bonds is 6. The van der Waals surface area contributed by atoms with Crippen LogP contribution in [0.15, 0.2) is 35.7 Å². The second-order valence-corrected chi connectivity index (χ2v) is 6.12. The fraction of sp³-hybridized carbons (Fsp3) is 0.353. The van der Waals surface area contributed by atoms with Crippen molar-refractivity contribution in [2.45, 2.75) is 39.8 Å². The van der Waals surface area contributed by atoms with E-state index in [0.29, 0.717) is 6.61 Å². The number of nitrogens with one attached hydrogen (secondary N) is 1. The van der Waals surface area contributed by atoms with Crippen molar-refractivity contribution in [1.29, 1.82) is 0 Å². The number of carbonyl (C=O) groups excluding carboxylic acids is 1. The topological polar surface area (TPSA) is 38.3 Å². The minimum atomic E-state index is -0.00356. The molecule has 1 atom stereocenters. The largest absolute Gasteiger partial charge is 0.489 e. The van der Waals surface area contributed by atoms with E-state index in [2.05, 4.69) is 12.2 Å². The SMILES string of the molecule is CCC(C)NC(=O)c1cc(COc2cccc(C)c2)cs1. The van der Waals surface area contributed by atoms with Crippen molar-refractivity contribution in [3.63, 3.8) is 0 Å². The van der Waals surface area contributed by atoms with Gasteiger partial charge in [-0.15, -0.1) is 11.3 Å². The second-order valence-electron chi connectivity index (χ2n) is 5.21. The van der Waals surface area contributed by atoms with Crippen LogP contribution in [0.2, 0.25) is 0 Å². The van der Waals surface area contributed by atoms with Gasteiger partial charge in [0.05, 0.1) is 4.88 Å². The first-order valence-electron chi connectivity index (χ1n) is 7.16. The van der Waals surface area contributed by atoms with E-state index in [4.69, 9.17) is 4.74 Å². The van der Waals surface area contributed by atoms with Gasteiger partial charge in [0.2, 0.25) is 0 Å². The van der Waals surface area contributed by atoms with Crippen LogP contribution in [0.25, 0.3) is 0 Å². The molecule has 4 heteroatoms. The fourth-order valence-electron chi connectivity index (χ4n) is 1.84. The van der Waals surface area contributed by atoms with Gasteiger partial charge in [0.1, 0.15) is 12.4 Å². The molecule has 0 saturated carbocycles. The lowest BCUT2D eigenvalue weighted by Gasteiger charge is -2.09. The van der Waals surface area contributed by atoms with Gasteiger partial charge in [-0.1, -0.05) is 19.1 Å². The van der Waals surface area contributed by atoms with Crippen molar-refractivity contribution in [3.05, 3.63) is 51.7 Å². The van der Waals surface area contributed by atoms with Gasteiger partial charge in [-0.05, 0) is 49.4 Å². The molecule has 1 heterocycles. The number of thiophene rings is 1. The summed E-state index contributed by atoms with van der Waals surface area (Å²) in [6.45, 7) is 6.58. The average molecular weight is 303 g/mol. The third kappa shape index (κ3) is 4.60. The summed E-state index contributed by atoms with van der Waals surface area (Å²) in [5.41, 5.74) is 2.20. The predicted octanol–water partition coefficient (Wildman–Crippen LogP) is 4.16. The molecule has 0 aliphatic rings. The molecule has 0 radical (unpaired) electrons. The van der Waals surface area contributed by atoms with E-state index in [1.165, 1.54) is 16.9 Å². The molecule has 3 nitrogen and oxygen atoms in total. The predicted molar refractivity (Wildman–Crippen MR) is 87.0 cm³/mol. The maximum Gasteiger partial charge on any atom is 0.261 e. The summed E-state index contributed by atoms with van der Waals surface area (Å²) < 4.78 is 5.74. The highest BCUT2D eigenvalue weighted by atomic mass is 32.1. The zero-order valence-electron chi connectivity index (χ0n) is 12.7. The normalized spacial score (nSPS) is 12.0. The number of aryl methyl sites for hydroxylation is 1. The Hall–Kier alpha value is -1.81.